The Kier molecular flexibility index (Phi) is 14.0. The molecule has 1 N–H and O–H groups in total. The van der Waals surface area contributed by atoms with Gasteiger partial charge in [-0.1, -0.05) is 25.1 Å². The van der Waals surface area contributed by atoms with Crippen molar-refractivity contribution in [2.75, 3.05) is 5.06 Å². The second-order valence-electron chi connectivity index (χ2n) is 5.66. The van der Waals surface area contributed by atoms with Gasteiger partial charge in [-0.15, -0.1) is 13.8 Å². The van der Waals surface area contributed by atoms with E-state index in [1.54, 1.807) is 0 Å². The van der Waals surface area contributed by atoms with Gasteiger partial charge < -0.3 is 0 Å². The first-order valence-electron chi connectivity index (χ1n) is 8.64. The maximum absolute atomic E-state index is 10.0. The fourth-order valence-electron chi connectivity index (χ4n) is 2.02. The van der Waals surface area contributed by atoms with Crippen molar-refractivity contribution >= 4 is 5.69 Å². The zero-order chi connectivity index (χ0) is 19.2. The van der Waals surface area contributed by atoms with Crippen LogP contribution in [-0.4, -0.2) is 5.21 Å². The molecule has 0 unspecified atom stereocenters. The molecular weight excluding hydrogens is 409 g/mol. The quantitative estimate of drug-likeness (QED) is 0.278. The molecule has 3 heteroatoms. The van der Waals surface area contributed by atoms with E-state index in [9.17, 15) is 5.21 Å². The van der Waals surface area contributed by atoms with Crippen LogP contribution in [0.4, 0.5) is 5.69 Å². The summed E-state index contributed by atoms with van der Waals surface area (Å²) in [4.78, 5) is 0. The summed E-state index contributed by atoms with van der Waals surface area (Å²) >= 11 is 0. The average molecular weight is 438 g/mol. The number of hydroxylamine groups is 1. The maximum Gasteiger partial charge on any atom is 3.00 e. The Hall–Kier alpha value is -1.96. The predicted octanol–water partition coefficient (Wildman–Crippen LogP) is 6.75. The van der Waals surface area contributed by atoms with Crippen molar-refractivity contribution in [2.45, 2.75) is 27.7 Å². The summed E-state index contributed by atoms with van der Waals surface area (Å²) in [6, 6.07) is 29.5. The van der Waals surface area contributed by atoms with E-state index in [0.29, 0.717) is 0 Å². The Morgan fingerprint density at radius 1 is 0.815 bits per heavy atom. The van der Waals surface area contributed by atoms with Crippen molar-refractivity contribution in [1.29, 1.82) is 0 Å². The summed E-state index contributed by atoms with van der Waals surface area (Å²) in [5, 5.41) is 11.2. The van der Waals surface area contributed by atoms with E-state index < -0.39 is 0 Å². The minimum Gasteiger partial charge on any atom is -0.285 e. The third-order valence-electron chi connectivity index (χ3n) is 3.91. The van der Waals surface area contributed by atoms with E-state index in [1.807, 2.05) is 119 Å². The van der Waals surface area contributed by atoms with Crippen LogP contribution in [0.3, 0.4) is 0 Å². The van der Waals surface area contributed by atoms with E-state index in [4.69, 9.17) is 0 Å². The molecule has 3 aromatic carbocycles. The number of para-hydroxylation sites is 1. The van der Waals surface area contributed by atoms with Crippen LogP contribution in [0.5, 0.6) is 0 Å². The Balaban J connectivity index is 0.000000496. The average Bonchev–Trinajstić information content (AvgIpc) is 3.44. The van der Waals surface area contributed by atoms with Gasteiger partial charge in [-0.05, 0) is 24.8 Å². The molecule has 2 nitrogen and oxygen atoms in total. The van der Waals surface area contributed by atoms with Crippen molar-refractivity contribution in [1.82, 2.24) is 0 Å². The largest absolute Gasteiger partial charge is 3.00 e. The first-order valence-corrected chi connectivity index (χ1v) is 8.64. The second-order valence-corrected chi connectivity index (χ2v) is 5.66. The van der Waals surface area contributed by atoms with Crippen LogP contribution in [0, 0.1) is 6.08 Å². The standard InChI is InChI=1S/C14H18NO.2C5H5.Zr/c1-5-11(2)12(3)13(4)15(16)14-9-7-6-8-10-14;2*1-2-4-5-3-1;/h6-10,16H,1-4H3;2*1-5H;/q3*-1;+3/b13-12-;;;. The molecule has 0 saturated heterocycles. The normalized spacial score (nSPS) is 10.9. The first kappa shape index (κ1) is 25.0. The third kappa shape index (κ3) is 10.1. The van der Waals surface area contributed by atoms with Gasteiger partial charge in [-0.25, -0.2) is 34.9 Å². The number of hydrogen-bond acceptors (Lipinski definition) is 2. The van der Waals surface area contributed by atoms with Crippen LogP contribution in [0.1, 0.15) is 27.7 Å². The fraction of sp³-hybridized carbons (Fsp3) is 0.167. The number of nitrogens with zero attached hydrogens (tertiary/aromatic N) is 1. The second kappa shape index (κ2) is 15.1. The Morgan fingerprint density at radius 2 is 1.26 bits per heavy atom. The zero-order valence-electron chi connectivity index (χ0n) is 16.6. The van der Waals surface area contributed by atoms with Gasteiger partial charge in [0, 0.05) is 0 Å². The molecule has 27 heavy (non-hydrogen) atoms. The van der Waals surface area contributed by atoms with Crippen molar-refractivity contribution in [3.63, 3.8) is 0 Å². The molecule has 0 amide bonds. The van der Waals surface area contributed by atoms with E-state index in [-0.39, 0.29) is 26.2 Å². The summed E-state index contributed by atoms with van der Waals surface area (Å²) in [6.07, 6.45) is 3.07. The number of allylic oxidation sites excluding steroid dienone is 4. The molecule has 0 heterocycles. The molecular formula is C24H28NOZr. The van der Waals surface area contributed by atoms with Gasteiger partial charge in [0.1, 0.15) is 0 Å². The summed E-state index contributed by atoms with van der Waals surface area (Å²) in [5.41, 5.74) is 3.67. The van der Waals surface area contributed by atoms with Crippen molar-refractivity contribution in [2.24, 2.45) is 0 Å². The topological polar surface area (TPSA) is 23.5 Å². The van der Waals surface area contributed by atoms with Crippen LogP contribution < -0.4 is 5.06 Å². The minimum absolute atomic E-state index is 0. The number of hydrogen-bond donors (Lipinski definition) is 1. The molecule has 0 bridgehead atoms. The molecule has 0 aromatic heterocycles. The third-order valence-corrected chi connectivity index (χ3v) is 3.91. The van der Waals surface area contributed by atoms with Gasteiger partial charge in [0.2, 0.25) is 0 Å². The van der Waals surface area contributed by atoms with Gasteiger partial charge >= 0.3 is 26.2 Å². The van der Waals surface area contributed by atoms with Crippen LogP contribution in [0.15, 0.2) is 108 Å². The molecule has 0 saturated carbocycles. The monoisotopic (exact) mass is 436 g/mol. The molecule has 0 fully saturated rings. The SMILES string of the molecule is C[C-]=C(C)/C(C)=C(/C)N(O)c1ccccc1.[Zr+3].c1cc[cH-]c1.c1cc[cH-]c1. The van der Waals surface area contributed by atoms with Gasteiger partial charge in [0.15, 0.2) is 0 Å². The first-order chi connectivity index (χ1) is 12.6. The predicted molar refractivity (Wildman–Crippen MR) is 111 cm³/mol. The molecule has 139 valence electrons. The molecule has 3 aromatic rings. The van der Waals surface area contributed by atoms with Crippen LogP contribution in [-0.2, 0) is 26.2 Å². The van der Waals surface area contributed by atoms with E-state index in [1.165, 1.54) is 5.06 Å². The molecule has 1 radical (unpaired) electrons. The summed E-state index contributed by atoms with van der Waals surface area (Å²) < 4.78 is 0. The van der Waals surface area contributed by atoms with E-state index >= 15 is 0 Å². The number of rotatable bonds is 3. The smallest absolute Gasteiger partial charge is 0.285 e. The van der Waals surface area contributed by atoms with Gasteiger partial charge in [0.05, 0.1) is 5.69 Å². The van der Waals surface area contributed by atoms with Crippen molar-refractivity contribution in [3.05, 3.63) is 114 Å². The zero-order valence-corrected chi connectivity index (χ0v) is 19.0. The summed E-state index contributed by atoms with van der Waals surface area (Å²) in [6.45, 7) is 7.73. The Morgan fingerprint density at radius 3 is 1.59 bits per heavy atom. The molecule has 0 aliphatic heterocycles. The molecule has 0 spiro atoms. The van der Waals surface area contributed by atoms with Gasteiger partial charge in [-0.3, -0.25) is 11.3 Å². The fourth-order valence-corrected chi connectivity index (χ4v) is 2.02. The van der Waals surface area contributed by atoms with Gasteiger partial charge in [0.25, 0.3) is 0 Å². The van der Waals surface area contributed by atoms with E-state index in [2.05, 4.69) is 6.08 Å². The molecule has 0 atom stereocenters. The van der Waals surface area contributed by atoms with Crippen LogP contribution in [0.25, 0.3) is 0 Å². The number of anilines is 1. The molecule has 0 aliphatic carbocycles. The van der Waals surface area contributed by atoms with Crippen LogP contribution >= 0.6 is 0 Å². The number of benzene rings is 1. The Labute approximate surface area is 183 Å². The molecule has 3 rings (SSSR count). The maximum atomic E-state index is 10.0. The van der Waals surface area contributed by atoms with E-state index in [0.717, 1.165) is 22.5 Å². The van der Waals surface area contributed by atoms with Crippen molar-refractivity contribution < 1.29 is 31.4 Å². The molecule has 0 aliphatic rings. The summed E-state index contributed by atoms with van der Waals surface area (Å²) in [7, 11) is 0. The van der Waals surface area contributed by atoms with Crippen molar-refractivity contribution in [3.8, 4) is 0 Å². The minimum atomic E-state index is 0. The summed E-state index contributed by atoms with van der Waals surface area (Å²) in [5.74, 6) is 0. The van der Waals surface area contributed by atoms with Crippen LogP contribution in [0.2, 0.25) is 0 Å². The van der Waals surface area contributed by atoms with Gasteiger partial charge in [-0.2, -0.15) is 42.0 Å². The Bertz CT molecular complexity index is 680.